The van der Waals surface area contributed by atoms with Crippen LogP contribution in [0.15, 0.2) is 67.3 Å². The third-order valence-electron chi connectivity index (χ3n) is 5.83. The SMILES string of the molecule is O=C(c1cncnc1-c1ccccc1)N(CCc1c[nH]c2ccc(F)cc12)CC1CC1. The first-order valence-electron chi connectivity index (χ1n) is 10.6. The number of carbonyl (C=O) groups is 1. The molecule has 2 heterocycles. The summed E-state index contributed by atoms with van der Waals surface area (Å²) in [6.07, 6.45) is 7.95. The number of halogens is 1. The highest BCUT2D eigenvalue weighted by Gasteiger charge is 2.29. The van der Waals surface area contributed by atoms with Crippen molar-refractivity contribution in [3.63, 3.8) is 0 Å². The maximum absolute atomic E-state index is 13.7. The molecule has 0 spiro atoms. The molecular weight excluding hydrogens is 391 g/mol. The molecule has 5 nitrogen and oxygen atoms in total. The summed E-state index contributed by atoms with van der Waals surface area (Å²) in [5.74, 6) is 0.236. The van der Waals surface area contributed by atoms with Crippen LogP contribution in [0.2, 0.25) is 0 Å². The minimum atomic E-state index is -0.256. The van der Waals surface area contributed by atoms with Crippen LogP contribution in [0, 0.1) is 11.7 Å². The number of H-pyrrole nitrogens is 1. The van der Waals surface area contributed by atoms with Crippen LogP contribution in [0.25, 0.3) is 22.2 Å². The zero-order valence-corrected chi connectivity index (χ0v) is 17.1. The van der Waals surface area contributed by atoms with Crippen molar-refractivity contribution in [2.24, 2.45) is 5.92 Å². The summed E-state index contributed by atoms with van der Waals surface area (Å²) >= 11 is 0. The highest BCUT2D eigenvalue weighted by Crippen LogP contribution is 2.31. The van der Waals surface area contributed by atoms with Crippen LogP contribution >= 0.6 is 0 Å². The lowest BCUT2D eigenvalue weighted by molar-refractivity contribution is 0.0749. The fourth-order valence-electron chi connectivity index (χ4n) is 3.98. The highest BCUT2D eigenvalue weighted by molar-refractivity contribution is 5.99. The fourth-order valence-corrected chi connectivity index (χ4v) is 3.98. The van der Waals surface area contributed by atoms with E-state index in [9.17, 15) is 9.18 Å². The Hall–Kier alpha value is -3.54. The Morgan fingerprint density at radius 1 is 1.16 bits per heavy atom. The molecule has 1 N–H and O–H groups in total. The maximum Gasteiger partial charge on any atom is 0.257 e. The Bertz CT molecular complexity index is 1220. The van der Waals surface area contributed by atoms with Gasteiger partial charge in [0.15, 0.2) is 0 Å². The number of rotatable bonds is 7. The summed E-state index contributed by atoms with van der Waals surface area (Å²) in [6, 6.07) is 14.5. The summed E-state index contributed by atoms with van der Waals surface area (Å²) in [6.45, 7) is 1.28. The number of hydrogen-bond acceptors (Lipinski definition) is 3. The summed E-state index contributed by atoms with van der Waals surface area (Å²) in [5, 5.41) is 0.867. The Morgan fingerprint density at radius 2 is 2.00 bits per heavy atom. The molecule has 0 bridgehead atoms. The molecule has 1 aliphatic carbocycles. The van der Waals surface area contributed by atoms with Gasteiger partial charge in [0, 0.05) is 41.9 Å². The molecule has 1 aliphatic rings. The molecule has 0 atom stereocenters. The van der Waals surface area contributed by atoms with Crippen LogP contribution in [0.4, 0.5) is 4.39 Å². The molecule has 2 aromatic heterocycles. The summed E-state index contributed by atoms with van der Waals surface area (Å²) in [4.78, 5) is 27.2. The van der Waals surface area contributed by atoms with E-state index in [1.807, 2.05) is 41.4 Å². The zero-order valence-electron chi connectivity index (χ0n) is 17.1. The van der Waals surface area contributed by atoms with E-state index in [1.165, 1.54) is 12.4 Å². The van der Waals surface area contributed by atoms with E-state index in [0.29, 0.717) is 30.1 Å². The second-order valence-corrected chi connectivity index (χ2v) is 8.10. The van der Waals surface area contributed by atoms with Gasteiger partial charge in [-0.2, -0.15) is 0 Å². The average molecular weight is 414 g/mol. The molecule has 31 heavy (non-hydrogen) atoms. The van der Waals surface area contributed by atoms with Gasteiger partial charge in [0.05, 0.1) is 11.3 Å². The molecule has 1 fully saturated rings. The van der Waals surface area contributed by atoms with E-state index < -0.39 is 0 Å². The number of aromatic nitrogens is 3. The lowest BCUT2D eigenvalue weighted by Crippen LogP contribution is -2.35. The third kappa shape index (κ3) is 4.19. The zero-order chi connectivity index (χ0) is 21.2. The number of hydrogen-bond donors (Lipinski definition) is 1. The Balaban J connectivity index is 1.41. The van der Waals surface area contributed by atoms with Gasteiger partial charge in [0.25, 0.3) is 5.91 Å². The van der Waals surface area contributed by atoms with Crippen molar-refractivity contribution in [2.45, 2.75) is 19.3 Å². The summed E-state index contributed by atoms with van der Waals surface area (Å²) in [7, 11) is 0. The number of benzene rings is 2. The lowest BCUT2D eigenvalue weighted by atomic mass is 10.1. The van der Waals surface area contributed by atoms with Crippen LogP contribution in [0.5, 0.6) is 0 Å². The first kappa shape index (κ1) is 19.4. The number of nitrogens with one attached hydrogen (secondary N) is 1. The highest BCUT2D eigenvalue weighted by atomic mass is 19.1. The van der Waals surface area contributed by atoms with Gasteiger partial charge >= 0.3 is 0 Å². The van der Waals surface area contributed by atoms with Gasteiger partial charge in [-0.05, 0) is 48.9 Å². The predicted octanol–water partition coefficient (Wildman–Crippen LogP) is 4.86. The van der Waals surface area contributed by atoms with Crippen molar-refractivity contribution in [3.05, 3.63) is 84.2 Å². The largest absolute Gasteiger partial charge is 0.361 e. The van der Waals surface area contributed by atoms with E-state index in [1.54, 1.807) is 18.3 Å². The molecule has 0 radical (unpaired) electrons. The van der Waals surface area contributed by atoms with Crippen LogP contribution in [-0.4, -0.2) is 38.8 Å². The minimum absolute atomic E-state index is 0.0580. The number of nitrogens with zero attached hydrogens (tertiary/aromatic N) is 3. The Morgan fingerprint density at radius 3 is 2.81 bits per heavy atom. The second kappa shape index (κ2) is 8.30. The quantitative estimate of drug-likeness (QED) is 0.470. The summed E-state index contributed by atoms with van der Waals surface area (Å²) in [5.41, 5.74) is 3.97. The van der Waals surface area contributed by atoms with Crippen molar-refractivity contribution in [1.29, 1.82) is 0 Å². The van der Waals surface area contributed by atoms with Crippen LogP contribution in [-0.2, 0) is 6.42 Å². The molecule has 4 aromatic rings. The van der Waals surface area contributed by atoms with Gasteiger partial charge in [0.2, 0.25) is 0 Å². The molecule has 1 saturated carbocycles. The monoisotopic (exact) mass is 414 g/mol. The molecule has 2 aromatic carbocycles. The van der Waals surface area contributed by atoms with Gasteiger partial charge < -0.3 is 9.88 Å². The first-order chi connectivity index (χ1) is 15.2. The first-order valence-corrected chi connectivity index (χ1v) is 10.6. The van der Waals surface area contributed by atoms with E-state index in [2.05, 4.69) is 15.0 Å². The van der Waals surface area contributed by atoms with Crippen LogP contribution in [0.3, 0.4) is 0 Å². The number of fused-ring (bicyclic) bond motifs is 1. The molecule has 1 amide bonds. The average Bonchev–Trinajstić information content (AvgIpc) is 3.55. The Labute approximate surface area is 180 Å². The molecule has 0 saturated heterocycles. The Kier molecular flexibility index (Phi) is 5.20. The molecule has 0 unspecified atom stereocenters. The van der Waals surface area contributed by atoms with Crippen molar-refractivity contribution in [1.82, 2.24) is 19.9 Å². The van der Waals surface area contributed by atoms with Crippen LogP contribution in [0.1, 0.15) is 28.8 Å². The molecule has 0 aliphatic heterocycles. The van der Waals surface area contributed by atoms with Crippen molar-refractivity contribution < 1.29 is 9.18 Å². The van der Waals surface area contributed by atoms with Crippen LogP contribution < -0.4 is 0 Å². The molecular formula is C25H23FN4O. The predicted molar refractivity (Wildman–Crippen MR) is 118 cm³/mol. The van der Waals surface area contributed by atoms with Gasteiger partial charge in [-0.25, -0.2) is 14.4 Å². The van der Waals surface area contributed by atoms with E-state index >= 15 is 0 Å². The van der Waals surface area contributed by atoms with Crippen molar-refractivity contribution in [2.75, 3.05) is 13.1 Å². The van der Waals surface area contributed by atoms with Gasteiger partial charge in [-0.15, -0.1) is 0 Å². The minimum Gasteiger partial charge on any atom is -0.361 e. The van der Waals surface area contributed by atoms with Gasteiger partial charge in [-0.3, -0.25) is 4.79 Å². The number of carbonyl (C=O) groups excluding carboxylic acids is 1. The smallest absolute Gasteiger partial charge is 0.257 e. The van der Waals surface area contributed by atoms with E-state index in [0.717, 1.165) is 41.4 Å². The summed E-state index contributed by atoms with van der Waals surface area (Å²) < 4.78 is 13.7. The fraction of sp³-hybridized carbons (Fsp3) is 0.240. The molecule has 5 rings (SSSR count). The number of aromatic amines is 1. The van der Waals surface area contributed by atoms with Crippen molar-refractivity contribution >= 4 is 16.8 Å². The lowest BCUT2D eigenvalue weighted by Gasteiger charge is -2.23. The topological polar surface area (TPSA) is 61.9 Å². The van der Waals surface area contributed by atoms with Gasteiger partial charge in [0.1, 0.15) is 12.1 Å². The van der Waals surface area contributed by atoms with Gasteiger partial charge in [-0.1, -0.05) is 30.3 Å². The van der Waals surface area contributed by atoms with E-state index in [-0.39, 0.29) is 11.7 Å². The third-order valence-corrected chi connectivity index (χ3v) is 5.83. The second-order valence-electron chi connectivity index (χ2n) is 8.10. The maximum atomic E-state index is 13.7. The van der Waals surface area contributed by atoms with Crippen molar-refractivity contribution in [3.8, 4) is 11.3 Å². The standard InChI is InChI=1S/C25H23FN4O/c26-20-8-9-23-21(12-20)19(13-28-23)10-11-30(15-17-6-7-17)25(31)22-14-27-16-29-24(22)18-4-2-1-3-5-18/h1-5,8-9,12-14,16-17,28H,6-7,10-11,15H2. The van der Waals surface area contributed by atoms with E-state index in [4.69, 9.17) is 0 Å². The molecule has 6 heteroatoms. The normalized spacial score (nSPS) is 13.5. The number of amides is 1. The molecule has 156 valence electrons.